The number of anilines is 1. The number of amides is 2. The van der Waals surface area contributed by atoms with Gasteiger partial charge in [0.1, 0.15) is 5.75 Å². The van der Waals surface area contributed by atoms with Gasteiger partial charge in [0.2, 0.25) is 5.91 Å². The minimum atomic E-state index is -0.0128. The van der Waals surface area contributed by atoms with Crippen LogP contribution < -0.4 is 15.4 Å². The number of ether oxygens (including phenoxy) is 1. The van der Waals surface area contributed by atoms with Gasteiger partial charge in [-0.1, -0.05) is 6.92 Å². The number of likely N-dealkylation sites (tertiary alicyclic amines) is 1. The Morgan fingerprint density at radius 3 is 2.62 bits per heavy atom. The summed E-state index contributed by atoms with van der Waals surface area (Å²) in [7, 11) is 0. The Hall–Kier alpha value is -1.79. The van der Waals surface area contributed by atoms with Crippen molar-refractivity contribution in [3.8, 4) is 5.75 Å². The normalized spacial score (nSPS) is 22.9. The van der Waals surface area contributed by atoms with Gasteiger partial charge in [-0.3, -0.25) is 9.59 Å². The highest BCUT2D eigenvalue weighted by molar-refractivity contribution is 5.95. The fraction of sp³-hybridized carbons (Fsp3) is 0.579. The first-order valence-electron chi connectivity index (χ1n) is 9.11. The predicted octanol–water partition coefficient (Wildman–Crippen LogP) is 2.20. The van der Waals surface area contributed by atoms with Gasteiger partial charge < -0.3 is 20.3 Å². The van der Waals surface area contributed by atoms with Crippen LogP contribution in [-0.4, -0.2) is 49.0 Å². The molecule has 2 N–H and O–H groups in total. The molecule has 2 heterocycles. The molecule has 2 aliphatic rings. The van der Waals surface area contributed by atoms with Gasteiger partial charge in [0.05, 0.1) is 0 Å². The van der Waals surface area contributed by atoms with E-state index in [4.69, 9.17) is 10.5 Å². The van der Waals surface area contributed by atoms with Crippen LogP contribution in [0.3, 0.4) is 0 Å². The molecule has 144 valence electrons. The minimum Gasteiger partial charge on any atom is -0.484 e. The molecule has 7 heteroatoms. The number of halogens is 1. The van der Waals surface area contributed by atoms with Crippen LogP contribution in [0.25, 0.3) is 0 Å². The monoisotopic (exact) mass is 381 g/mol. The lowest BCUT2D eigenvalue weighted by Gasteiger charge is -2.37. The molecule has 3 rings (SSSR count). The van der Waals surface area contributed by atoms with Gasteiger partial charge in [0.25, 0.3) is 5.91 Å². The fourth-order valence-electron chi connectivity index (χ4n) is 3.67. The van der Waals surface area contributed by atoms with E-state index in [2.05, 4.69) is 6.92 Å². The second kappa shape index (κ2) is 9.24. The lowest BCUT2D eigenvalue weighted by molar-refractivity contribution is -0.137. The topological polar surface area (TPSA) is 75.9 Å². The van der Waals surface area contributed by atoms with Crippen molar-refractivity contribution in [2.75, 3.05) is 31.1 Å². The summed E-state index contributed by atoms with van der Waals surface area (Å²) in [5.41, 5.74) is 6.71. The second-order valence-electron chi connectivity index (χ2n) is 7.04. The SMILES string of the molecule is CC1CCN(C(=O)COc2ccc(N3CCCC3=O)cc2)C(CN)C1.Cl. The molecule has 0 aromatic heterocycles. The molecule has 0 spiro atoms. The molecule has 2 saturated heterocycles. The van der Waals surface area contributed by atoms with Crippen molar-refractivity contribution in [3.63, 3.8) is 0 Å². The third-order valence-electron chi connectivity index (χ3n) is 5.15. The summed E-state index contributed by atoms with van der Waals surface area (Å²) in [5.74, 6) is 1.40. The van der Waals surface area contributed by atoms with E-state index in [-0.39, 0.29) is 36.9 Å². The first-order chi connectivity index (χ1) is 12.1. The summed E-state index contributed by atoms with van der Waals surface area (Å²) in [5, 5.41) is 0. The van der Waals surface area contributed by atoms with Crippen molar-refractivity contribution in [3.05, 3.63) is 24.3 Å². The first kappa shape index (κ1) is 20.5. The predicted molar refractivity (Wildman–Crippen MR) is 104 cm³/mol. The Labute approximate surface area is 161 Å². The quantitative estimate of drug-likeness (QED) is 0.848. The van der Waals surface area contributed by atoms with E-state index in [1.807, 2.05) is 29.2 Å². The number of hydrogen-bond donors (Lipinski definition) is 1. The molecule has 26 heavy (non-hydrogen) atoms. The highest BCUT2D eigenvalue weighted by Gasteiger charge is 2.29. The molecule has 2 atom stereocenters. The third kappa shape index (κ3) is 4.68. The van der Waals surface area contributed by atoms with Crippen molar-refractivity contribution in [2.24, 2.45) is 11.7 Å². The van der Waals surface area contributed by atoms with Crippen molar-refractivity contribution in [1.29, 1.82) is 0 Å². The molecular formula is C19H28ClN3O3. The molecule has 1 aromatic carbocycles. The standard InChI is InChI=1S/C19H27N3O3.ClH/c1-14-8-10-22(16(11-14)12-20)19(24)13-25-17-6-4-15(5-7-17)21-9-2-3-18(21)23;/h4-7,14,16H,2-3,8-13,20H2,1H3;1H. The zero-order valence-electron chi connectivity index (χ0n) is 15.2. The maximum absolute atomic E-state index is 12.5. The Morgan fingerprint density at radius 1 is 1.27 bits per heavy atom. The molecular weight excluding hydrogens is 354 g/mol. The lowest BCUT2D eigenvalue weighted by atomic mass is 9.92. The van der Waals surface area contributed by atoms with Crippen LogP contribution in [0, 0.1) is 5.92 Å². The van der Waals surface area contributed by atoms with E-state index < -0.39 is 0 Å². The number of carbonyl (C=O) groups excluding carboxylic acids is 2. The molecule has 2 unspecified atom stereocenters. The maximum atomic E-state index is 12.5. The van der Waals surface area contributed by atoms with Crippen LogP contribution in [-0.2, 0) is 9.59 Å². The van der Waals surface area contributed by atoms with Gasteiger partial charge >= 0.3 is 0 Å². The Bertz CT molecular complexity index is 623. The first-order valence-corrected chi connectivity index (χ1v) is 9.11. The van der Waals surface area contributed by atoms with Crippen LogP contribution in [0.15, 0.2) is 24.3 Å². The molecule has 0 radical (unpaired) electrons. The lowest BCUT2D eigenvalue weighted by Crippen LogP contribution is -2.50. The third-order valence-corrected chi connectivity index (χ3v) is 5.15. The molecule has 0 bridgehead atoms. The molecule has 2 aliphatic heterocycles. The van der Waals surface area contributed by atoms with Crippen LogP contribution in [0.2, 0.25) is 0 Å². The number of hydrogen-bond acceptors (Lipinski definition) is 4. The highest BCUT2D eigenvalue weighted by Crippen LogP contribution is 2.25. The number of piperidine rings is 1. The van der Waals surface area contributed by atoms with E-state index >= 15 is 0 Å². The number of rotatable bonds is 5. The summed E-state index contributed by atoms with van der Waals surface area (Å²) in [6.45, 7) is 4.24. The largest absolute Gasteiger partial charge is 0.484 e. The zero-order valence-corrected chi connectivity index (χ0v) is 16.0. The van der Waals surface area contributed by atoms with E-state index in [1.54, 1.807) is 4.90 Å². The van der Waals surface area contributed by atoms with E-state index in [9.17, 15) is 9.59 Å². The zero-order chi connectivity index (χ0) is 17.8. The van der Waals surface area contributed by atoms with Gasteiger partial charge in [-0.25, -0.2) is 0 Å². The smallest absolute Gasteiger partial charge is 0.260 e. The number of carbonyl (C=O) groups is 2. The number of nitrogens with zero attached hydrogens (tertiary/aromatic N) is 2. The van der Waals surface area contributed by atoms with Crippen molar-refractivity contribution < 1.29 is 14.3 Å². The van der Waals surface area contributed by atoms with Gasteiger partial charge in [-0.2, -0.15) is 0 Å². The summed E-state index contributed by atoms with van der Waals surface area (Å²) < 4.78 is 5.65. The van der Waals surface area contributed by atoms with Gasteiger partial charge in [-0.15, -0.1) is 12.4 Å². The Morgan fingerprint density at radius 2 is 2.00 bits per heavy atom. The summed E-state index contributed by atoms with van der Waals surface area (Å²) in [4.78, 5) is 27.9. The van der Waals surface area contributed by atoms with Gasteiger partial charge in [0.15, 0.2) is 6.61 Å². The summed E-state index contributed by atoms with van der Waals surface area (Å²) in [6.07, 6.45) is 3.49. The van der Waals surface area contributed by atoms with Crippen LogP contribution in [0.5, 0.6) is 5.75 Å². The van der Waals surface area contributed by atoms with Crippen molar-refractivity contribution in [1.82, 2.24) is 4.90 Å². The van der Waals surface area contributed by atoms with Crippen molar-refractivity contribution in [2.45, 2.75) is 38.6 Å². The molecule has 2 fully saturated rings. The summed E-state index contributed by atoms with van der Waals surface area (Å²) in [6, 6.07) is 7.48. The molecule has 0 aliphatic carbocycles. The fourth-order valence-corrected chi connectivity index (χ4v) is 3.67. The van der Waals surface area contributed by atoms with Crippen LogP contribution in [0.4, 0.5) is 5.69 Å². The average Bonchev–Trinajstić information content (AvgIpc) is 3.06. The number of nitrogens with two attached hydrogens (primary N) is 1. The van der Waals surface area contributed by atoms with E-state index in [0.29, 0.717) is 24.6 Å². The molecule has 1 aromatic rings. The Balaban J connectivity index is 0.00000243. The van der Waals surface area contributed by atoms with E-state index in [1.165, 1.54) is 0 Å². The molecule has 2 amide bonds. The van der Waals surface area contributed by atoms with Crippen molar-refractivity contribution >= 4 is 29.9 Å². The van der Waals surface area contributed by atoms with E-state index in [0.717, 1.165) is 38.0 Å². The van der Waals surface area contributed by atoms with Crippen LogP contribution in [0.1, 0.15) is 32.6 Å². The molecule has 6 nitrogen and oxygen atoms in total. The number of benzene rings is 1. The maximum Gasteiger partial charge on any atom is 0.260 e. The average molecular weight is 382 g/mol. The Kier molecular flexibility index (Phi) is 7.29. The summed E-state index contributed by atoms with van der Waals surface area (Å²) >= 11 is 0. The second-order valence-corrected chi connectivity index (χ2v) is 7.04. The van der Waals surface area contributed by atoms with Crippen LogP contribution >= 0.6 is 12.4 Å². The van der Waals surface area contributed by atoms with Gasteiger partial charge in [-0.05, 0) is 49.4 Å². The molecule has 0 saturated carbocycles. The minimum absolute atomic E-state index is 0. The van der Waals surface area contributed by atoms with Gasteiger partial charge in [0, 0.05) is 37.8 Å². The highest BCUT2D eigenvalue weighted by atomic mass is 35.5.